The zero-order valence-corrected chi connectivity index (χ0v) is 12.1. The Hall–Kier alpha value is -1.82. The Morgan fingerprint density at radius 3 is 2.74 bits per heavy atom. The average Bonchev–Trinajstić information content (AvgIpc) is 2.74. The molecule has 1 aromatic heterocycles. The Morgan fingerprint density at radius 2 is 2.11 bits per heavy atom. The number of hydrogen-bond donors (Lipinski definition) is 1. The molecular weight excluding hydrogens is 310 g/mol. The van der Waals surface area contributed by atoms with Gasteiger partial charge in [-0.25, -0.2) is 9.48 Å². The minimum atomic E-state index is -0.443. The Balaban J connectivity index is 2.18. The second kappa shape index (κ2) is 5.88. The third kappa shape index (κ3) is 3.14. The molecule has 0 fully saturated rings. The van der Waals surface area contributed by atoms with E-state index in [0.717, 1.165) is 10.0 Å². The molecule has 0 bridgehead atoms. The highest BCUT2D eigenvalue weighted by Gasteiger charge is 2.16. The van der Waals surface area contributed by atoms with Gasteiger partial charge in [0.25, 0.3) is 0 Å². The van der Waals surface area contributed by atoms with Crippen molar-refractivity contribution in [2.45, 2.75) is 13.5 Å². The van der Waals surface area contributed by atoms with Crippen LogP contribution in [0.3, 0.4) is 0 Å². The van der Waals surface area contributed by atoms with E-state index in [9.17, 15) is 4.79 Å². The van der Waals surface area contributed by atoms with Crippen molar-refractivity contribution in [3.05, 3.63) is 46.1 Å². The van der Waals surface area contributed by atoms with E-state index in [-0.39, 0.29) is 0 Å². The molecule has 1 heterocycles. The van der Waals surface area contributed by atoms with Crippen LogP contribution in [-0.2, 0) is 11.3 Å². The summed E-state index contributed by atoms with van der Waals surface area (Å²) in [6.45, 7) is 2.58. The highest BCUT2D eigenvalue weighted by atomic mass is 79.9. The van der Waals surface area contributed by atoms with Crippen LogP contribution in [0.5, 0.6) is 0 Å². The van der Waals surface area contributed by atoms with Gasteiger partial charge in [-0.05, 0) is 24.6 Å². The normalized spacial score (nSPS) is 10.4. The van der Waals surface area contributed by atoms with Crippen molar-refractivity contribution in [2.24, 2.45) is 0 Å². The second-order valence-electron chi connectivity index (χ2n) is 3.95. The predicted molar refractivity (Wildman–Crippen MR) is 75.8 cm³/mol. The van der Waals surface area contributed by atoms with Crippen LogP contribution in [0.15, 0.2) is 34.9 Å². The molecule has 0 unspecified atom stereocenters. The summed E-state index contributed by atoms with van der Waals surface area (Å²) in [6, 6.07) is 7.83. The number of carbonyl (C=O) groups is 1. The summed E-state index contributed by atoms with van der Waals surface area (Å²) in [4.78, 5) is 11.6. The summed E-state index contributed by atoms with van der Waals surface area (Å²) in [6.07, 6.45) is 1.44. The van der Waals surface area contributed by atoms with Crippen LogP contribution >= 0.6 is 15.9 Å². The minimum Gasteiger partial charge on any atom is -0.462 e. The zero-order chi connectivity index (χ0) is 13.8. The number of benzene rings is 1. The lowest BCUT2D eigenvalue weighted by Gasteiger charge is -2.05. The molecule has 0 radical (unpaired) electrons. The maximum Gasteiger partial charge on any atom is 0.343 e. The van der Waals surface area contributed by atoms with E-state index in [0.29, 0.717) is 24.5 Å². The second-order valence-corrected chi connectivity index (χ2v) is 4.86. The number of carbonyl (C=O) groups excluding carboxylic acids is 1. The maximum absolute atomic E-state index is 11.6. The molecule has 100 valence electrons. The molecule has 2 N–H and O–H groups in total. The number of halogens is 1. The first-order valence-electron chi connectivity index (χ1n) is 5.84. The molecule has 1 aromatic carbocycles. The highest BCUT2D eigenvalue weighted by Crippen LogP contribution is 2.16. The van der Waals surface area contributed by atoms with Gasteiger partial charge in [0, 0.05) is 4.47 Å². The van der Waals surface area contributed by atoms with Crippen LogP contribution in [0.2, 0.25) is 0 Å². The molecule has 0 aliphatic carbocycles. The van der Waals surface area contributed by atoms with Crippen molar-refractivity contribution in [3.8, 4) is 0 Å². The van der Waals surface area contributed by atoms with Crippen LogP contribution in [0.25, 0.3) is 0 Å². The fourth-order valence-electron chi connectivity index (χ4n) is 1.65. The van der Waals surface area contributed by atoms with E-state index >= 15 is 0 Å². The molecule has 0 saturated heterocycles. The van der Waals surface area contributed by atoms with E-state index in [1.54, 1.807) is 11.6 Å². The van der Waals surface area contributed by atoms with Crippen LogP contribution in [0.4, 0.5) is 5.82 Å². The third-order valence-corrected chi connectivity index (χ3v) is 3.15. The molecule has 0 aliphatic heterocycles. The van der Waals surface area contributed by atoms with Crippen molar-refractivity contribution >= 4 is 27.7 Å². The van der Waals surface area contributed by atoms with Crippen molar-refractivity contribution in [1.82, 2.24) is 9.78 Å². The lowest BCUT2D eigenvalue weighted by molar-refractivity contribution is 0.0527. The van der Waals surface area contributed by atoms with Gasteiger partial charge in [0.2, 0.25) is 0 Å². The van der Waals surface area contributed by atoms with Crippen molar-refractivity contribution in [2.75, 3.05) is 12.3 Å². The first kappa shape index (κ1) is 13.6. The summed E-state index contributed by atoms with van der Waals surface area (Å²) in [5.74, 6) is -0.122. The fraction of sp³-hybridized carbons (Fsp3) is 0.231. The van der Waals surface area contributed by atoms with Crippen LogP contribution in [-0.4, -0.2) is 22.4 Å². The molecule has 19 heavy (non-hydrogen) atoms. The summed E-state index contributed by atoms with van der Waals surface area (Å²) in [5.41, 5.74) is 7.26. The number of nitrogens with zero attached hydrogens (tertiary/aromatic N) is 2. The largest absolute Gasteiger partial charge is 0.462 e. The van der Waals surface area contributed by atoms with Crippen LogP contribution in [0.1, 0.15) is 22.8 Å². The number of ether oxygens (including phenoxy) is 1. The fourth-order valence-corrected chi connectivity index (χ4v) is 1.91. The lowest BCUT2D eigenvalue weighted by atomic mass is 10.2. The van der Waals surface area contributed by atoms with Gasteiger partial charge in [-0.1, -0.05) is 28.1 Å². The molecule has 0 aliphatic rings. The number of esters is 1. The molecule has 0 spiro atoms. The van der Waals surface area contributed by atoms with Crippen molar-refractivity contribution in [3.63, 3.8) is 0 Å². The average molecular weight is 324 g/mol. The van der Waals surface area contributed by atoms with Gasteiger partial charge in [0.1, 0.15) is 11.4 Å². The minimum absolute atomic E-state index is 0.305. The van der Waals surface area contributed by atoms with Crippen LogP contribution < -0.4 is 5.73 Å². The predicted octanol–water partition coefficient (Wildman–Crippen LogP) is 2.45. The molecule has 6 heteroatoms. The SMILES string of the molecule is CCOC(=O)c1cnn(Cc2ccc(Br)cc2)c1N. The molecular formula is C13H14BrN3O2. The first-order chi connectivity index (χ1) is 9.11. The Morgan fingerprint density at radius 1 is 1.42 bits per heavy atom. The van der Waals surface area contributed by atoms with E-state index in [1.165, 1.54) is 6.20 Å². The molecule has 2 rings (SSSR count). The molecule has 2 aromatic rings. The van der Waals surface area contributed by atoms with Gasteiger partial charge in [-0.2, -0.15) is 5.10 Å². The Bertz CT molecular complexity index is 578. The van der Waals surface area contributed by atoms with E-state index in [4.69, 9.17) is 10.5 Å². The summed E-state index contributed by atoms with van der Waals surface area (Å²) >= 11 is 3.38. The summed E-state index contributed by atoms with van der Waals surface area (Å²) < 4.78 is 7.50. The number of nitrogens with two attached hydrogens (primary N) is 1. The van der Waals surface area contributed by atoms with Gasteiger partial charge in [0.15, 0.2) is 0 Å². The smallest absolute Gasteiger partial charge is 0.343 e. The van der Waals surface area contributed by atoms with Gasteiger partial charge in [0.05, 0.1) is 19.3 Å². The van der Waals surface area contributed by atoms with Crippen molar-refractivity contribution in [1.29, 1.82) is 0 Å². The molecule has 0 atom stereocenters. The van der Waals surface area contributed by atoms with Crippen molar-refractivity contribution < 1.29 is 9.53 Å². The molecule has 5 nitrogen and oxygen atoms in total. The quantitative estimate of drug-likeness (QED) is 0.877. The number of aromatic nitrogens is 2. The Labute approximate surface area is 119 Å². The monoisotopic (exact) mass is 323 g/mol. The van der Waals surface area contributed by atoms with E-state index < -0.39 is 5.97 Å². The lowest BCUT2D eigenvalue weighted by Crippen LogP contribution is -2.10. The number of nitrogen functional groups attached to an aromatic ring is 1. The topological polar surface area (TPSA) is 70.1 Å². The number of hydrogen-bond acceptors (Lipinski definition) is 4. The van der Waals surface area contributed by atoms with E-state index in [2.05, 4.69) is 21.0 Å². The number of rotatable bonds is 4. The first-order valence-corrected chi connectivity index (χ1v) is 6.64. The van der Waals surface area contributed by atoms with Gasteiger partial charge in [-0.3, -0.25) is 0 Å². The van der Waals surface area contributed by atoms with E-state index in [1.807, 2.05) is 24.3 Å². The van der Waals surface area contributed by atoms with Gasteiger partial charge in [-0.15, -0.1) is 0 Å². The van der Waals surface area contributed by atoms with Gasteiger partial charge >= 0.3 is 5.97 Å². The standard InChI is InChI=1S/C13H14BrN3O2/c1-2-19-13(18)11-7-16-17(12(11)15)8-9-3-5-10(14)6-4-9/h3-7H,2,8,15H2,1H3. The third-order valence-electron chi connectivity index (χ3n) is 2.62. The zero-order valence-electron chi connectivity index (χ0n) is 10.5. The van der Waals surface area contributed by atoms with Crippen LogP contribution in [0, 0.1) is 0 Å². The van der Waals surface area contributed by atoms with Gasteiger partial charge < -0.3 is 10.5 Å². The molecule has 0 saturated carbocycles. The maximum atomic E-state index is 11.6. The molecule has 0 amide bonds. The summed E-state index contributed by atoms with van der Waals surface area (Å²) in [7, 11) is 0. The highest BCUT2D eigenvalue weighted by molar-refractivity contribution is 9.10. The number of anilines is 1. The summed E-state index contributed by atoms with van der Waals surface area (Å²) in [5, 5.41) is 4.12. The Kier molecular flexibility index (Phi) is 4.21.